The van der Waals surface area contributed by atoms with Crippen molar-refractivity contribution in [2.75, 3.05) is 13.2 Å². The Morgan fingerprint density at radius 2 is 1.93 bits per heavy atom. The summed E-state index contributed by atoms with van der Waals surface area (Å²) in [5, 5.41) is 27.9. The van der Waals surface area contributed by atoms with Gasteiger partial charge in [-0.3, -0.25) is 9.89 Å². The van der Waals surface area contributed by atoms with Crippen molar-refractivity contribution in [1.29, 1.82) is 0 Å². The largest absolute Gasteiger partial charge is 0.507 e. The van der Waals surface area contributed by atoms with E-state index in [0.717, 1.165) is 22.3 Å². The standard InChI is InChI=1S/C22H22ClN3O3/c1-12-10-13(2)21(28)16(11-12)18-17-19(25-24-18)22(29)26(8-3-9-27)20(17)14-4-6-15(23)7-5-14/h4-7,10-11,20,27-28H,3,8-9H2,1-2H3,(H,24,25). The average molecular weight is 412 g/mol. The van der Waals surface area contributed by atoms with Gasteiger partial charge in [-0.15, -0.1) is 0 Å². The van der Waals surface area contributed by atoms with Gasteiger partial charge in [0.1, 0.15) is 17.1 Å². The molecule has 0 saturated heterocycles. The molecule has 29 heavy (non-hydrogen) atoms. The molecule has 1 unspecified atom stereocenters. The first-order chi connectivity index (χ1) is 13.9. The number of nitrogens with zero attached hydrogens (tertiary/aromatic N) is 2. The summed E-state index contributed by atoms with van der Waals surface area (Å²) in [6.07, 6.45) is 0.470. The number of aryl methyl sites for hydroxylation is 2. The molecule has 1 amide bonds. The van der Waals surface area contributed by atoms with Gasteiger partial charge in [0.15, 0.2) is 0 Å². The molecule has 6 nitrogen and oxygen atoms in total. The van der Waals surface area contributed by atoms with Crippen molar-refractivity contribution in [1.82, 2.24) is 15.1 Å². The molecule has 150 valence electrons. The number of hydrogen-bond donors (Lipinski definition) is 3. The molecule has 0 spiro atoms. The lowest BCUT2D eigenvalue weighted by Gasteiger charge is -2.26. The summed E-state index contributed by atoms with van der Waals surface area (Å²) in [7, 11) is 0. The average Bonchev–Trinajstić information content (AvgIpc) is 3.23. The molecule has 1 atom stereocenters. The molecule has 3 N–H and O–H groups in total. The molecule has 2 heterocycles. The quantitative estimate of drug-likeness (QED) is 0.592. The number of halogens is 1. The van der Waals surface area contributed by atoms with Gasteiger partial charge in [0.05, 0.1) is 6.04 Å². The van der Waals surface area contributed by atoms with Crippen molar-refractivity contribution >= 4 is 17.5 Å². The minimum Gasteiger partial charge on any atom is -0.507 e. The molecule has 0 bridgehead atoms. The topological polar surface area (TPSA) is 89.5 Å². The number of rotatable bonds is 5. The van der Waals surface area contributed by atoms with Crippen molar-refractivity contribution in [3.63, 3.8) is 0 Å². The third-order valence-electron chi connectivity index (χ3n) is 5.31. The van der Waals surface area contributed by atoms with E-state index >= 15 is 0 Å². The van der Waals surface area contributed by atoms with Gasteiger partial charge in [0.25, 0.3) is 5.91 Å². The lowest BCUT2D eigenvalue weighted by atomic mass is 9.94. The highest BCUT2D eigenvalue weighted by atomic mass is 35.5. The summed E-state index contributed by atoms with van der Waals surface area (Å²) in [6.45, 7) is 4.20. The van der Waals surface area contributed by atoms with Crippen LogP contribution in [0.3, 0.4) is 0 Å². The van der Waals surface area contributed by atoms with Crippen LogP contribution in [0.25, 0.3) is 11.3 Å². The van der Waals surface area contributed by atoms with Gasteiger partial charge >= 0.3 is 0 Å². The van der Waals surface area contributed by atoms with E-state index in [1.165, 1.54) is 0 Å². The minimum atomic E-state index is -0.379. The number of aromatic hydroxyl groups is 1. The zero-order chi connectivity index (χ0) is 20.7. The molecule has 3 aromatic rings. The number of benzene rings is 2. The fourth-order valence-corrected chi connectivity index (χ4v) is 4.13. The van der Waals surface area contributed by atoms with Crippen LogP contribution in [0.15, 0.2) is 36.4 Å². The molecule has 7 heteroatoms. The Bertz CT molecular complexity index is 1080. The van der Waals surface area contributed by atoms with E-state index in [9.17, 15) is 15.0 Å². The minimum absolute atomic E-state index is 0.00593. The third kappa shape index (κ3) is 3.28. The van der Waals surface area contributed by atoms with Gasteiger partial charge in [0, 0.05) is 29.3 Å². The van der Waals surface area contributed by atoms with Crippen LogP contribution in [0.1, 0.15) is 45.2 Å². The van der Waals surface area contributed by atoms with E-state index in [0.29, 0.717) is 34.9 Å². The number of carbonyl (C=O) groups excluding carboxylic acids is 1. The number of hydrogen-bond acceptors (Lipinski definition) is 4. The van der Waals surface area contributed by atoms with Crippen LogP contribution in [0.5, 0.6) is 5.75 Å². The highest BCUT2D eigenvalue weighted by Gasteiger charge is 2.42. The van der Waals surface area contributed by atoms with Crippen LogP contribution < -0.4 is 0 Å². The molecule has 0 aliphatic carbocycles. The number of aromatic amines is 1. The molecule has 0 saturated carbocycles. The molecular formula is C22H22ClN3O3. The van der Waals surface area contributed by atoms with Crippen molar-refractivity contribution in [3.8, 4) is 17.0 Å². The van der Waals surface area contributed by atoms with Crippen LogP contribution in [0.4, 0.5) is 0 Å². The van der Waals surface area contributed by atoms with Gasteiger partial charge in [-0.2, -0.15) is 5.10 Å². The maximum absolute atomic E-state index is 13.1. The molecule has 0 radical (unpaired) electrons. The van der Waals surface area contributed by atoms with E-state index in [4.69, 9.17) is 11.6 Å². The number of H-pyrrole nitrogens is 1. The van der Waals surface area contributed by atoms with Crippen molar-refractivity contribution in [2.24, 2.45) is 0 Å². The zero-order valence-electron chi connectivity index (χ0n) is 16.2. The fraction of sp³-hybridized carbons (Fsp3) is 0.273. The third-order valence-corrected chi connectivity index (χ3v) is 5.56. The van der Waals surface area contributed by atoms with Gasteiger partial charge in [0.2, 0.25) is 0 Å². The van der Waals surface area contributed by atoms with E-state index in [2.05, 4.69) is 10.2 Å². The van der Waals surface area contributed by atoms with E-state index in [1.807, 2.05) is 38.1 Å². The Hall–Kier alpha value is -2.83. The highest BCUT2D eigenvalue weighted by molar-refractivity contribution is 6.30. The Morgan fingerprint density at radius 3 is 2.62 bits per heavy atom. The predicted octanol–water partition coefficient (Wildman–Crippen LogP) is 3.98. The molecule has 1 aliphatic heterocycles. The first-order valence-corrected chi connectivity index (χ1v) is 9.86. The number of phenols is 1. The van der Waals surface area contributed by atoms with Crippen LogP contribution in [0, 0.1) is 13.8 Å². The van der Waals surface area contributed by atoms with E-state index < -0.39 is 0 Å². The van der Waals surface area contributed by atoms with Gasteiger partial charge in [-0.1, -0.05) is 29.8 Å². The van der Waals surface area contributed by atoms with Crippen molar-refractivity contribution in [2.45, 2.75) is 26.3 Å². The number of aromatic nitrogens is 2. The zero-order valence-corrected chi connectivity index (χ0v) is 17.0. The first-order valence-electron chi connectivity index (χ1n) is 9.48. The van der Waals surface area contributed by atoms with E-state index in [-0.39, 0.29) is 24.3 Å². The van der Waals surface area contributed by atoms with Gasteiger partial charge in [-0.05, 0) is 55.2 Å². The summed E-state index contributed by atoms with van der Waals surface area (Å²) >= 11 is 6.06. The summed E-state index contributed by atoms with van der Waals surface area (Å²) in [4.78, 5) is 14.8. The molecule has 4 rings (SSSR count). The number of fused-ring (bicyclic) bond motifs is 1. The maximum Gasteiger partial charge on any atom is 0.273 e. The van der Waals surface area contributed by atoms with Crippen LogP contribution in [-0.4, -0.2) is 44.4 Å². The molecular weight excluding hydrogens is 390 g/mol. The number of carbonyl (C=O) groups is 1. The molecule has 0 fully saturated rings. The lowest BCUT2D eigenvalue weighted by molar-refractivity contribution is 0.0732. The number of phenolic OH excluding ortho intramolecular Hbond substituents is 1. The maximum atomic E-state index is 13.1. The molecule has 1 aromatic heterocycles. The smallest absolute Gasteiger partial charge is 0.273 e. The Morgan fingerprint density at radius 1 is 1.21 bits per heavy atom. The second kappa shape index (κ2) is 7.54. The summed E-state index contributed by atoms with van der Waals surface area (Å²) in [6, 6.07) is 10.8. The Kier molecular flexibility index (Phi) is 5.06. The van der Waals surface area contributed by atoms with Gasteiger partial charge < -0.3 is 15.1 Å². The van der Waals surface area contributed by atoms with Crippen molar-refractivity contribution < 1.29 is 15.0 Å². The lowest BCUT2D eigenvalue weighted by Crippen LogP contribution is -2.31. The van der Waals surface area contributed by atoms with Crippen LogP contribution in [0.2, 0.25) is 5.02 Å². The summed E-state index contributed by atoms with van der Waals surface area (Å²) < 4.78 is 0. The van der Waals surface area contributed by atoms with Gasteiger partial charge in [-0.25, -0.2) is 0 Å². The molecule has 2 aromatic carbocycles. The Labute approximate surface area is 173 Å². The SMILES string of the molecule is Cc1cc(C)c(O)c(-c2n[nH]c3c2C(c2ccc(Cl)cc2)N(CCCO)C3=O)c1. The summed E-state index contributed by atoms with van der Waals surface area (Å²) in [5.41, 5.74) is 4.94. The van der Waals surface area contributed by atoms with Crippen LogP contribution in [-0.2, 0) is 0 Å². The van der Waals surface area contributed by atoms with E-state index in [1.54, 1.807) is 17.0 Å². The number of amides is 1. The first kappa shape index (κ1) is 19.5. The second-order valence-electron chi connectivity index (χ2n) is 7.37. The van der Waals surface area contributed by atoms with Crippen LogP contribution >= 0.6 is 11.6 Å². The number of aliphatic hydroxyl groups is 1. The fourth-order valence-electron chi connectivity index (χ4n) is 4.01. The normalized spacial score (nSPS) is 15.8. The summed E-state index contributed by atoms with van der Waals surface area (Å²) in [5.74, 6) is -0.0166. The number of nitrogens with one attached hydrogen (secondary N) is 1. The number of aliphatic hydroxyl groups excluding tert-OH is 1. The Balaban J connectivity index is 1.91. The monoisotopic (exact) mass is 411 g/mol. The molecule has 1 aliphatic rings. The predicted molar refractivity (Wildman–Crippen MR) is 111 cm³/mol. The second-order valence-corrected chi connectivity index (χ2v) is 7.81. The highest BCUT2D eigenvalue weighted by Crippen LogP contribution is 2.45. The van der Waals surface area contributed by atoms with Crippen molar-refractivity contribution in [3.05, 3.63) is 69.4 Å².